The molecule has 0 saturated carbocycles. The molecule has 0 rings (SSSR count). The zero-order valence-corrected chi connectivity index (χ0v) is 6.56. The van der Waals surface area contributed by atoms with Crippen LogP contribution in [0.1, 0.15) is 27.7 Å². The van der Waals surface area contributed by atoms with E-state index in [1.165, 1.54) is 5.57 Å². The zero-order chi connectivity index (χ0) is 7.44. The van der Waals surface area contributed by atoms with E-state index in [0.29, 0.717) is 0 Å². The molecule has 0 aliphatic heterocycles. The van der Waals surface area contributed by atoms with Crippen molar-refractivity contribution in [3.8, 4) is 0 Å². The summed E-state index contributed by atoms with van der Waals surface area (Å²) >= 11 is 0. The van der Waals surface area contributed by atoms with Crippen molar-refractivity contribution in [3.63, 3.8) is 0 Å². The van der Waals surface area contributed by atoms with Gasteiger partial charge >= 0.3 is 0 Å². The van der Waals surface area contributed by atoms with E-state index in [9.17, 15) is 4.79 Å². The van der Waals surface area contributed by atoms with Gasteiger partial charge < -0.3 is 0 Å². The summed E-state index contributed by atoms with van der Waals surface area (Å²) < 4.78 is 0. The minimum atomic E-state index is 0.0926. The van der Waals surface area contributed by atoms with Crippen LogP contribution in [0.3, 0.4) is 0 Å². The van der Waals surface area contributed by atoms with Gasteiger partial charge in [-0.05, 0) is 20.8 Å². The maximum absolute atomic E-state index is 10.6. The molecule has 0 amide bonds. The summed E-state index contributed by atoms with van der Waals surface area (Å²) in [6, 6.07) is 0. The predicted molar refractivity (Wildman–Crippen MR) is 39.3 cm³/mol. The molecule has 0 aromatic carbocycles. The molecule has 1 atom stereocenters. The maximum Gasteiger partial charge on any atom is 0.136 e. The first-order valence-corrected chi connectivity index (χ1v) is 3.19. The minimum Gasteiger partial charge on any atom is -0.299 e. The van der Waals surface area contributed by atoms with E-state index in [1.807, 2.05) is 26.8 Å². The van der Waals surface area contributed by atoms with Crippen LogP contribution in [0.4, 0.5) is 0 Å². The van der Waals surface area contributed by atoms with Crippen LogP contribution in [-0.4, -0.2) is 5.78 Å². The van der Waals surface area contributed by atoms with Gasteiger partial charge in [0.15, 0.2) is 0 Å². The Balaban J connectivity index is 3.91. The van der Waals surface area contributed by atoms with Crippen LogP contribution in [0.25, 0.3) is 0 Å². The van der Waals surface area contributed by atoms with E-state index < -0.39 is 0 Å². The molecule has 1 nitrogen and oxygen atoms in total. The zero-order valence-electron chi connectivity index (χ0n) is 6.56. The molecular weight excluding hydrogens is 112 g/mol. The third kappa shape index (κ3) is 3.95. The van der Waals surface area contributed by atoms with E-state index in [1.54, 1.807) is 6.92 Å². The highest BCUT2D eigenvalue weighted by Crippen LogP contribution is 2.02. The summed E-state index contributed by atoms with van der Waals surface area (Å²) in [6.07, 6.45) is 1.97. The average molecular weight is 126 g/mol. The number of Topliss-reactive ketones (excluding diaryl/α,β-unsaturated/α-hetero) is 1. The van der Waals surface area contributed by atoms with Crippen LogP contribution >= 0.6 is 0 Å². The second-order valence-corrected chi connectivity index (χ2v) is 2.64. The molecule has 1 heteroatoms. The fourth-order valence-electron chi connectivity index (χ4n) is 0.617. The third-order valence-electron chi connectivity index (χ3n) is 1.22. The SMILES string of the molecule is CC(=O)[C@@H](C)C=C(C)C. The Bertz CT molecular complexity index is 130. The fourth-order valence-corrected chi connectivity index (χ4v) is 0.617. The van der Waals surface area contributed by atoms with Gasteiger partial charge in [-0.3, -0.25) is 4.79 Å². The monoisotopic (exact) mass is 126 g/mol. The second kappa shape index (κ2) is 3.44. The highest BCUT2D eigenvalue weighted by Gasteiger charge is 2.01. The van der Waals surface area contributed by atoms with Gasteiger partial charge in [0, 0.05) is 5.92 Å². The summed E-state index contributed by atoms with van der Waals surface area (Å²) in [7, 11) is 0. The lowest BCUT2D eigenvalue weighted by Crippen LogP contribution is -2.02. The van der Waals surface area contributed by atoms with Crippen molar-refractivity contribution in [2.24, 2.45) is 5.92 Å². The number of hydrogen-bond acceptors (Lipinski definition) is 1. The van der Waals surface area contributed by atoms with Gasteiger partial charge in [-0.25, -0.2) is 0 Å². The van der Waals surface area contributed by atoms with E-state index in [2.05, 4.69) is 0 Å². The van der Waals surface area contributed by atoms with Gasteiger partial charge in [0.1, 0.15) is 5.78 Å². The average Bonchev–Trinajstić information content (AvgIpc) is 1.63. The second-order valence-electron chi connectivity index (χ2n) is 2.64. The maximum atomic E-state index is 10.6. The summed E-state index contributed by atoms with van der Waals surface area (Å²) in [5, 5.41) is 0. The van der Waals surface area contributed by atoms with Crippen molar-refractivity contribution in [2.45, 2.75) is 27.7 Å². The van der Waals surface area contributed by atoms with E-state index in [-0.39, 0.29) is 11.7 Å². The Morgan fingerprint density at radius 2 is 1.78 bits per heavy atom. The smallest absolute Gasteiger partial charge is 0.136 e. The first-order valence-electron chi connectivity index (χ1n) is 3.19. The first-order chi connectivity index (χ1) is 4.04. The largest absolute Gasteiger partial charge is 0.299 e. The fraction of sp³-hybridized carbons (Fsp3) is 0.625. The molecule has 0 aromatic heterocycles. The predicted octanol–water partition coefficient (Wildman–Crippen LogP) is 2.18. The number of allylic oxidation sites excluding steroid dienone is 2. The molecule has 0 N–H and O–H groups in total. The molecule has 0 saturated heterocycles. The summed E-state index contributed by atoms with van der Waals surface area (Å²) in [5.41, 5.74) is 1.21. The summed E-state index contributed by atoms with van der Waals surface area (Å²) in [5.74, 6) is 0.325. The van der Waals surface area contributed by atoms with E-state index >= 15 is 0 Å². The van der Waals surface area contributed by atoms with Gasteiger partial charge in [0.25, 0.3) is 0 Å². The van der Waals surface area contributed by atoms with Gasteiger partial charge in [0.05, 0.1) is 0 Å². The Morgan fingerprint density at radius 3 is 1.89 bits per heavy atom. The molecule has 0 radical (unpaired) electrons. The molecule has 0 heterocycles. The Hall–Kier alpha value is -0.590. The van der Waals surface area contributed by atoms with E-state index in [4.69, 9.17) is 0 Å². The molecule has 52 valence electrons. The van der Waals surface area contributed by atoms with Gasteiger partial charge in [-0.1, -0.05) is 18.6 Å². The molecule has 0 aliphatic carbocycles. The van der Waals surface area contributed by atoms with Crippen molar-refractivity contribution in [3.05, 3.63) is 11.6 Å². The highest BCUT2D eigenvalue weighted by molar-refractivity contribution is 5.79. The topological polar surface area (TPSA) is 17.1 Å². The van der Waals surface area contributed by atoms with Crippen molar-refractivity contribution in [2.75, 3.05) is 0 Å². The minimum absolute atomic E-state index is 0.0926. The molecule has 0 bridgehead atoms. The number of carbonyl (C=O) groups is 1. The highest BCUT2D eigenvalue weighted by atomic mass is 16.1. The number of ketones is 1. The Labute approximate surface area is 56.8 Å². The summed E-state index contributed by atoms with van der Waals surface area (Å²) in [6.45, 7) is 7.53. The van der Waals surface area contributed by atoms with Crippen molar-refractivity contribution in [1.29, 1.82) is 0 Å². The first kappa shape index (κ1) is 8.41. The van der Waals surface area contributed by atoms with Gasteiger partial charge in [0.2, 0.25) is 0 Å². The lowest BCUT2D eigenvalue weighted by Gasteiger charge is -1.99. The van der Waals surface area contributed by atoms with Crippen LogP contribution in [0.5, 0.6) is 0 Å². The van der Waals surface area contributed by atoms with Crippen LogP contribution in [0.2, 0.25) is 0 Å². The van der Waals surface area contributed by atoms with Crippen LogP contribution in [0.15, 0.2) is 11.6 Å². The third-order valence-corrected chi connectivity index (χ3v) is 1.22. The van der Waals surface area contributed by atoms with Crippen molar-refractivity contribution in [1.82, 2.24) is 0 Å². The van der Waals surface area contributed by atoms with E-state index in [0.717, 1.165) is 0 Å². The Morgan fingerprint density at radius 1 is 1.33 bits per heavy atom. The lowest BCUT2D eigenvalue weighted by molar-refractivity contribution is -0.118. The number of carbonyl (C=O) groups excluding carboxylic acids is 1. The van der Waals surface area contributed by atoms with Gasteiger partial charge in [-0.15, -0.1) is 0 Å². The molecule has 0 unspecified atom stereocenters. The lowest BCUT2D eigenvalue weighted by atomic mass is 10.1. The molecule has 9 heavy (non-hydrogen) atoms. The van der Waals surface area contributed by atoms with Crippen LogP contribution in [-0.2, 0) is 4.79 Å². The molecule has 0 aliphatic rings. The molecule has 0 fully saturated rings. The van der Waals surface area contributed by atoms with Crippen LogP contribution < -0.4 is 0 Å². The molecular formula is C8H14O. The van der Waals surface area contributed by atoms with Crippen LogP contribution in [0, 0.1) is 5.92 Å². The van der Waals surface area contributed by atoms with Crippen molar-refractivity contribution < 1.29 is 4.79 Å². The molecule has 0 spiro atoms. The quantitative estimate of drug-likeness (QED) is 0.518. The normalized spacial score (nSPS) is 12.4. The molecule has 0 aromatic rings. The summed E-state index contributed by atoms with van der Waals surface area (Å²) in [4.78, 5) is 10.6. The van der Waals surface area contributed by atoms with Gasteiger partial charge in [-0.2, -0.15) is 0 Å². The standard InChI is InChI=1S/C8H14O/c1-6(2)5-7(3)8(4)9/h5,7H,1-4H3/t7-/m0/s1. The Kier molecular flexibility index (Phi) is 3.21. The number of hydrogen-bond donors (Lipinski definition) is 0. The number of rotatable bonds is 2. The van der Waals surface area contributed by atoms with Crippen molar-refractivity contribution >= 4 is 5.78 Å².